The van der Waals surface area contributed by atoms with Crippen molar-refractivity contribution in [3.05, 3.63) is 53.9 Å². The number of nitrogens with one attached hydrogen (secondary N) is 1. The fourth-order valence-corrected chi connectivity index (χ4v) is 2.28. The number of hydrogen-bond donors (Lipinski definition) is 1. The number of halogens is 1. The van der Waals surface area contributed by atoms with Gasteiger partial charge in [-0.05, 0) is 37.5 Å². The summed E-state index contributed by atoms with van der Waals surface area (Å²) in [6.45, 7) is 2.88. The third-order valence-corrected chi connectivity index (χ3v) is 3.65. The maximum atomic E-state index is 12.9. The minimum absolute atomic E-state index is 0.192. The minimum Gasteiger partial charge on any atom is -0.330 e. The van der Waals surface area contributed by atoms with Crippen molar-refractivity contribution >= 4 is 0 Å². The Morgan fingerprint density at radius 1 is 1.37 bits per heavy atom. The van der Waals surface area contributed by atoms with Crippen LogP contribution in [0.4, 0.5) is 4.39 Å². The number of hydrogen-bond acceptors (Lipinski definition) is 2. The summed E-state index contributed by atoms with van der Waals surface area (Å²) in [7, 11) is 0. The molecule has 0 unspecified atom stereocenters. The first-order chi connectivity index (χ1) is 9.24. The predicted molar refractivity (Wildman–Crippen MR) is 72.2 cm³/mol. The van der Waals surface area contributed by atoms with Gasteiger partial charge in [0.05, 0.1) is 12.0 Å². The highest BCUT2D eigenvalue weighted by atomic mass is 19.1. The molecule has 1 saturated carbocycles. The lowest BCUT2D eigenvalue weighted by molar-refractivity contribution is 0.545. The van der Waals surface area contributed by atoms with Crippen LogP contribution in [0.5, 0.6) is 0 Å². The fraction of sp³-hybridized carbons (Fsp3) is 0.400. The van der Waals surface area contributed by atoms with E-state index >= 15 is 0 Å². The molecule has 4 heteroatoms. The molecule has 3 nitrogen and oxygen atoms in total. The van der Waals surface area contributed by atoms with Crippen molar-refractivity contribution in [2.75, 3.05) is 0 Å². The van der Waals surface area contributed by atoms with Gasteiger partial charge >= 0.3 is 0 Å². The van der Waals surface area contributed by atoms with Crippen LogP contribution in [0.3, 0.4) is 0 Å². The van der Waals surface area contributed by atoms with Crippen LogP contribution in [0.25, 0.3) is 0 Å². The average Bonchev–Trinajstić information content (AvgIpc) is 3.16. The third-order valence-electron chi connectivity index (χ3n) is 3.65. The summed E-state index contributed by atoms with van der Waals surface area (Å²) in [6, 6.07) is 7.50. The van der Waals surface area contributed by atoms with E-state index in [0.29, 0.717) is 6.04 Å². The summed E-state index contributed by atoms with van der Waals surface area (Å²) >= 11 is 0. The number of rotatable bonds is 5. The van der Waals surface area contributed by atoms with Gasteiger partial charge in [0, 0.05) is 24.8 Å². The Morgan fingerprint density at radius 3 is 2.79 bits per heavy atom. The van der Waals surface area contributed by atoms with E-state index in [0.717, 1.165) is 12.1 Å². The van der Waals surface area contributed by atoms with Gasteiger partial charge in [-0.25, -0.2) is 9.37 Å². The molecule has 1 aliphatic rings. The highest BCUT2D eigenvalue weighted by molar-refractivity contribution is 5.19. The molecule has 0 aliphatic heterocycles. The van der Waals surface area contributed by atoms with E-state index < -0.39 is 0 Å². The van der Waals surface area contributed by atoms with E-state index in [2.05, 4.69) is 21.8 Å². The van der Waals surface area contributed by atoms with E-state index in [4.69, 9.17) is 0 Å². The second-order valence-electron chi connectivity index (χ2n) is 5.18. The topological polar surface area (TPSA) is 29.9 Å². The maximum Gasteiger partial charge on any atom is 0.123 e. The van der Waals surface area contributed by atoms with Gasteiger partial charge in [0.25, 0.3) is 0 Å². The van der Waals surface area contributed by atoms with E-state index in [9.17, 15) is 4.39 Å². The Bertz CT molecular complexity index is 543. The Balaban J connectivity index is 1.62. The van der Waals surface area contributed by atoms with Crippen molar-refractivity contribution < 1.29 is 4.39 Å². The molecule has 1 N–H and O–H groups in total. The van der Waals surface area contributed by atoms with E-state index in [1.54, 1.807) is 0 Å². The minimum atomic E-state index is -0.192. The zero-order valence-electron chi connectivity index (χ0n) is 11.0. The second kappa shape index (κ2) is 5.13. The summed E-state index contributed by atoms with van der Waals surface area (Å²) in [5, 5.41) is 3.46. The first kappa shape index (κ1) is 12.4. The van der Waals surface area contributed by atoms with Crippen LogP contribution in [0.2, 0.25) is 0 Å². The summed E-state index contributed by atoms with van der Waals surface area (Å²) in [5.74, 6) is -0.192. The van der Waals surface area contributed by atoms with Gasteiger partial charge in [0.2, 0.25) is 0 Å². The molecule has 1 aromatic heterocycles. The predicted octanol–water partition coefficient (Wildman–Crippen LogP) is 3.21. The van der Waals surface area contributed by atoms with E-state index in [1.165, 1.54) is 30.7 Å². The van der Waals surface area contributed by atoms with Gasteiger partial charge in [0.1, 0.15) is 5.82 Å². The zero-order chi connectivity index (χ0) is 13.2. The lowest BCUT2D eigenvalue weighted by Crippen LogP contribution is -2.19. The van der Waals surface area contributed by atoms with Crippen molar-refractivity contribution in [2.24, 2.45) is 0 Å². The van der Waals surface area contributed by atoms with Crippen LogP contribution in [0, 0.1) is 5.82 Å². The molecular weight excluding hydrogens is 241 g/mol. The number of benzene rings is 1. The Labute approximate surface area is 112 Å². The first-order valence-corrected chi connectivity index (χ1v) is 6.73. The largest absolute Gasteiger partial charge is 0.330 e. The SMILES string of the molecule is C[C@H](NCc1cncn1C1CC1)c1ccc(F)cc1. The van der Waals surface area contributed by atoms with Crippen LogP contribution < -0.4 is 5.32 Å². The molecule has 3 rings (SSSR count). The Morgan fingerprint density at radius 2 is 2.11 bits per heavy atom. The summed E-state index contributed by atoms with van der Waals surface area (Å²) in [6.07, 6.45) is 6.35. The highest BCUT2D eigenvalue weighted by Crippen LogP contribution is 2.35. The standard InChI is InChI=1S/C15H18FN3/c1-11(12-2-4-13(16)5-3-12)18-9-15-8-17-10-19(15)14-6-7-14/h2-5,8,10-11,14,18H,6-7,9H2,1H3/t11-/m0/s1. The monoisotopic (exact) mass is 259 g/mol. The van der Waals surface area contributed by atoms with Gasteiger partial charge in [-0.3, -0.25) is 0 Å². The summed E-state index contributed by atoms with van der Waals surface area (Å²) < 4.78 is 15.1. The molecule has 0 amide bonds. The van der Waals surface area contributed by atoms with Crippen molar-refractivity contribution in [2.45, 2.75) is 38.4 Å². The van der Waals surface area contributed by atoms with Gasteiger partial charge in [0.15, 0.2) is 0 Å². The quantitative estimate of drug-likeness (QED) is 0.893. The van der Waals surface area contributed by atoms with Crippen molar-refractivity contribution in [1.82, 2.24) is 14.9 Å². The lowest BCUT2D eigenvalue weighted by Gasteiger charge is -2.15. The molecule has 0 spiro atoms. The number of nitrogens with zero attached hydrogens (tertiary/aromatic N) is 2. The molecule has 19 heavy (non-hydrogen) atoms. The van der Waals surface area contributed by atoms with E-state index in [-0.39, 0.29) is 11.9 Å². The van der Waals surface area contributed by atoms with Gasteiger partial charge in [-0.15, -0.1) is 0 Å². The van der Waals surface area contributed by atoms with E-state index in [1.807, 2.05) is 24.7 Å². The van der Waals surface area contributed by atoms with Crippen LogP contribution in [-0.2, 0) is 6.54 Å². The molecule has 0 radical (unpaired) electrons. The molecule has 1 aliphatic carbocycles. The first-order valence-electron chi connectivity index (χ1n) is 6.73. The molecule has 1 atom stereocenters. The maximum absolute atomic E-state index is 12.9. The average molecular weight is 259 g/mol. The molecule has 0 saturated heterocycles. The van der Waals surface area contributed by atoms with Crippen LogP contribution in [0.1, 0.15) is 43.1 Å². The molecule has 1 aromatic carbocycles. The normalized spacial score (nSPS) is 16.5. The molecule has 0 bridgehead atoms. The van der Waals surface area contributed by atoms with Crippen LogP contribution in [0.15, 0.2) is 36.8 Å². The van der Waals surface area contributed by atoms with Gasteiger partial charge < -0.3 is 9.88 Å². The Kier molecular flexibility index (Phi) is 3.34. The number of aromatic nitrogens is 2. The number of imidazole rings is 1. The molecule has 1 fully saturated rings. The summed E-state index contributed by atoms with van der Waals surface area (Å²) in [5.41, 5.74) is 2.32. The smallest absolute Gasteiger partial charge is 0.123 e. The second-order valence-corrected chi connectivity index (χ2v) is 5.18. The van der Waals surface area contributed by atoms with Crippen LogP contribution in [-0.4, -0.2) is 9.55 Å². The lowest BCUT2D eigenvalue weighted by atomic mass is 10.1. The third kappa shape index (κ3) is 2.84. The summed E-state index contributed by atoms with van der Waals surface area (Å²) in [4.78, 5) is 4.22. The van der Waals surface area contributed by atoms with Crippen molar-refractivity contribution in [1.29, 1.82) is 0 Å². The van der Waals surface area contributed by atoms with Crippen molar-refractivity contribution in [3.63, 3.8) is 0 Å². The van der Waals surface area contributed by atoms with Crippen LogP contribution >= 0.6 is 0 Å². The molecule has 100 valence electrons. The molecule has 1 heterocycles. The zero-order valence-corrected chi connectivity index (χ0v) is 11.0. The molecular formula is C15H18FN3. The van der Waals surface area contributed by atoms with Gasteiger partial charge in [-0.1, -0.05) is 12.1 Å². The fourth-order valence-electron chi connectivity index (χ4n) is 2.28. The highest BCUT2D eigenvalue weighted by Gasteiger charge is 2.25. The van der Waals surface area contributed by atoms with Gasteiger partial charge in [-0.2, -0.15) is 0 Å². The van der Waals surface area contributed by atoms with Crippen molar-refractivity contribution in [3.8, 4) is 0 Å². The Hall–Kier alpha value is -1.68. The molecule has 2 aromatic rings.